The lowest BCUT2D eigenvalue weighted by molar-refractivity contribution is -0.384. The van der Waals surface area contributed by atoms with Crippen molar-refractivity contribution in [2.24, 2.45) is 5.92 Å². The Morgan fingerprint density at radius 2 is 2.00 bits per heavy atom. The first-order valence-corrected chi connectivity index (χ1v) is 11.4. The molecule has 0 radical (unpaired) electrons. The summed E-state index contributed by atoms with van der Waals surface area (Å²) in [6, 6.07) is 13.6. The third-order valence-corrected chi connectivity index (χ3v) is 5.90. The first kappa shape index (κ1) is 25.7. The van der Waals surface area contributed by atoms with Crippen molar-refractivity contribution >= 4 is 11.7 Å². The fourth-order valence-electron chi connectivity index (χ4n) is 3.94. The zero-order valence-electron chi connectivity index (χ0n) is 19.8. The Bertz CT molecular complexity index is 1130. The largest absolute Gasteiger partial charge is 0.496 e. The fourth-order valence-corrected chi connectivity index (χ4v) is 3.94. The van der Waals surface area contributed by atoms with Crippen molar-refractivity contribution in [3.8, 4) is 11.8 Å². The number of non-ortho nitro benzene ring substituents is 1. The lowest BCUT2D eigenvalue weighted by Gasteiger charge is -2.27. The van der Waals surface area contributed by atoms with Gasteiger partial charge < -0.3 is 14.2 Å². The summed E-state index contributed by atoms with van der Waals surface area (Å²) >= 11 is 0. The molecule has 0 amide bonds. The van der Waals surface area contributed by atoms with Crippen LogP contribution < -0.4 is 4.74 Å². The average molecular weight is 477 g/mol. The van der Waals surface area contributed by atoms with Crippen molar-refractivity contribution in [3.63, 3.8) is 0 Å². The standard InChI is InChI=1S/C27H28N2O6/c1-19-7-3-4-8-21-9-5-11-24(33-2)26(21)27(30)35-23(10-6-16-28)17-25(19)34-18-20-12-14-22(15-13-20)29(31)32/h3-6,9-15,19,23,25H,7-8,17-18H2,1-2H3/b4-3+,10-6+/t19-,23-,25+/m0/s1. The van der Waals surface area contributed by atoms with E-state index in [1.54, 1.807) is 24.3 Å². The summed E-state index contributed by atoms with van der Waals surface area (Å²) in [5, 5.41) is 20.0. The highest BCUT2D eigenvalue weighted by atomic mass is 16.6. The molecule has 0 saturated heterocycles. The van der Waals surface area contributed by atoms with Crippen LogP contribution in [0.1, 0.15) is 41.3 Å². The monoisotopic (exact) mass is 476 g/mol. The molecule has 3 rings (SSSR count). The van der Waals surface area contributed by atoms with Gasteiger partial charge in [-0.3, -0.25) is 10.1 Å². The molecule has 35 heavy (non-hydrogen) atoms. The topological polar surface area (TPSA) is 112 Å². The van der Waals surface area contributed by atoms with E-state index in [9.17, 15) is 14.9 Å². The highest BCUT2D eigenvalue weighted by molar-refractivity contribution is 5.94. The zero-order chi connectivity index (χ0) is 25.2. The van der Waals surface area contributed by atoms with Gasteiger partial charge in [0.2, 0.25) is 0 Å². The highest BCUT2D eigenvalue weighted by Crippen LogP contribution is 2.28. The van der Waals surface area contributed by atoms with E-state index in [-0.39, 0.29) is 24.3 Å². The van der Waals surface area contributed by atoms with Gasteiger partial charge in [0.25, 0.3) is 5.69 Å². The van der Waals surface area contributed by atoms with Gasteiger partial charge in [-0.15, -0.1) is 0 Å². The molecule has 0 unspecified atom stereocenters. The number of hydrogen-bond acceptors (Lipinski definition) is 7. The molecule has 0 bridgehead atoms. The minimum absolute atomic E-state index is 0.0163. The number of methoxy groups -OCH3 is 1. The quantitative estimate of drug-likeness (QED) is 0.182. The molecule has 8 heteroatoms. The van der Waals surface area contributed by atoms with E-state index in [1.165, 1.54) is 25.3 Å². The average Bonchev–Trinajstić information content (AvgIpc) is 2.86. The van der Waals surface area contributed by atoms with E-state index in [1.807, 2.05) is 24.3 Å². The Balaban J connectivity index is 1.85. The van der Waals surface area contributed by atoms with Gasteiger partial charge in [0.1, 0.15) is 17.4 Å². The first-order valence-electron chi connectivity index (χ1n) is 11.4. The number of nitriles is 1. The van der Waals surface area contributed by atoms with Gasteiger partial charge in [0, 0.05) is 24.6 Å². The molecular formula is C27H28N2O6. The minimum Gasteiger partial charge on any atom is -0.496 e. The number of cyclic esters (lactones) is 1. The second-order valence-corrected chi connectivity index (χ2v) is 8.32. The third kappa shape index (κ3) is 7.01. The molecule has 0 spiro atoms. The number of allylic oxidation sites excluding steroid dienone is 3. The fraction of sp³-hybridized carbons (Fsp3) is 0.333. The summed E-state index contributed by atoms with van der Waals surface area (Å²) in [5.41, 5.74) is 1.98. The Kier molecular flexibility index (Phi) is 9.16. The van der Waals surface area contributed by atoms with E-state index < -0.39 is 17.0 Å². The number of ether oxygens (including phenoxy) is 3. The van der Waals surface area contributed by atoms with Crippen LogP contribution in [0.2, 0.25) is 0 Å². The number of carbonyl (C=O) groups excluding carboxylic acids is 1. The van der Waals surface area contributed by atoms with E-state index >= 15 is 0 Å². The van der Waals surface area contributed by atoms with Crippen LogP contribution in [-0.4, -0.2) is 30.2 Å². The van der Waals surface area contributed by atoms with E-state index in [0.29, 0.717) is 24.2 Å². The lowest BCUT2D eigenvalue weighted by Crippen LogP contribution is -2.29. The van der Waals surface area contributed by atoms with Gasteiger partial charge in [-0.1, -0.05) is 31.2 Å². The summed E-state index contributed by atoms with van der Waals surface area (Å²) in [4.78, 5) is 23.6. The molecule has 2 aromatic carbocycles. The second-order valence-electron chi connectivity index (χ2n) is 8.32. The van der Waals surface area contributed by atoms with Gasteiger partial charge in [0.15, 0.2) is 0 Å². The summed E-state index contributed by atoms with van der Waals surface area (Å²) < 4.78 is 17.5. The van der Waals surface area contributed by atoms with Crippen LogP contribution in [0.15, 0.2) is 66.8 Å². The van der Waals surface area contributed by atoms with Crippen LogP contribution in [0, 0.1) is 27.4 Å². The van der Waals surface area contributed by atoms with Gasteiger partial charge in [0.05, 0.1) is 30.8 Å². The maximum atomic E-state index is 13.2. The van der Waals surface area contributed by atoms with E-state index in [2.05, 4.69) is 13.0 Å². The van der Waals surface area contributed by atoms with Crippen LogP contribution in [-0.2, 0) is 22.5 Å². The smallest absolute Gasteiger partial charge is 0.342 e. The van der Waals surface area contributed by atoms with Gasteiger partial charge in [-0.2, -0.15) is 5.26 Å². The zero-order valence-corrected chi connectivity index (χ0v) is 19.8. The van der Waals surface area contributed by atoms with Crippen molar-refractivity contribution in [1.29, 1.82) is 5.26 Å². The molecule has 2 aromatic rings. The predicted octanol–water partition coefficient (Wildman–Crippen LogP) is 5.32. The van der Waals surface area contributed by atoms with Crippen molar-refractivity contribution < 1.29 is 23.9 Å². The number of nitro benzene ring substituents is 1. The van der Waals surface area contributed by atoms with Gasteiger partial charge in [-0.25, -0.2) is 4.79 Å². The summed E-state index contributed by atoms with van der Waals surface area (Å²) in [6.07, 6.45) is 7.59. The number of nitro groups is 1. The van der Waals surface area contributed by atoms with Crippen molar-refractivity contribution in [2.75, 3.05) is 7.11 Å². The minimum atomic E-state index is -0.687. The SMILES string of the molecule is COc1cccc2c1C(=O)O[C@@H](/C=C/C#N)C[C@@H](OCc1ccc([N+](=O)[O-])cc1)[C@@H](C)C/C=C/C2. The van der Waals surface area contributed by atoms with Crippen molar-refractivity contribution in [1.82, 2.24) is 0 Å². The third-order valence-electron chi connectivity index (χ3n) is 5.90. The molecule has 0 saturated carbocycles. The first-order chi connectivity index (χ1) is 16.9. The van der Waals surface area contributed by atoms with Crippen LogP contribution in [0.25, 0.3) is 0 Å². The van der Waals surface area contributed by atoms with Gasteiger partial charge in [-0.05, 0) is 54.2 Å². The highest BCUT2D eigenvalue weighted by Gasteiger charge is 2.27. The Morgan fingerprint density at radius 1 is 1.23 bits per heavy atom. The Morgan fingerprint density at radius 3 is 2.69 bits per heavy atom. The van der Waals surface area contributed by atoms with Crippen molar-refractivity contribution in [3.05, 3.63) is 93.6 Å². The molecule has 182 valence electrons. The molecular weight excluding hydrogens is 448 g/mol. The molecule has 0 N–H and O–H groups in total. The number of rotatable bonds is 6. The maximum Gasteiger partial charge on any atom is 0.342 e. The molecule has 0 aromatic heterocycles. The van der Waals surface area contributed by atoms with Crippen LogP contribution in [0.5, 0.6) is 5.75 Å². The number of hydrogen-bond donors (Lipinski definition) is 0. The van der Waals surface area contributed by atoms with Gasteiger partial charge >= 0.3 is 5.97 Å². The summed E-state index contributed by atoms with van der Waals surface area (Å²) in [5.74, 6) is -0.00807. The number of nitrogens with zero attached hydrogens (tertiary/aromatic N) is 2. The van der Waals surface area contributed by atoms with Crippen LogP contribution >= 0.6 is 0 Å². The van der Waals surface area contributed by atoms with Crippen LogP contribution in [0.3, 0.4) is 0 Å². The molecule has 0 aliphatic carbocycles. The predicted molar refractivity (Wildman–Crippen MR) is 130 cm³/mol. The number of carbonyl (C=O) groups is 1. The number of esters is 1. The molecule has 1 aliphatic heterocycles. The molecule has 1 heterocycles. The van der Waals surface area contributed by atoms with Crippen LogP contribution in [0.4, 0.5) is 5.69 Å². The Labute approximate surface area is 204 Å². The molecule has 8 nitrogen and oxygen atoms in total. The maximum absolute atomic E-state index is 13.2. The molecule has 3 atom stereocenters. The summed E-state index contributed by atoms with van der Waals surface area (Å²) in [6.45, 7) is 2.30. The van der Waals surface area contributed by atoms with E-state index in [0.717, 1.165) is 17.5 Å². The number of benzene rings is 2. The summed E-state index contributed by atoms with van der Waals surface area (Å²) in [7, 11) is 1.51. The lowest BCUT2D eigenvalue weighted by atomic mass is 9.94. The number of fused-ring (bicyclic) bond motifs is 1. The molecule has 1 aliphatic rings. The Hall–Kier alpha value is -3.96. The molecule has 0 fully saturated rings. The normalized spacial score (nSPS) is 21.6. The second kappa shape index (κ2) is 12.5. The van der Waals surface area contributed by atoms with E-state index in [4.69, 9.17) is 19.5 Å². The van der Waals surface area contributed by atoms with Crippen molar-refractivity contribution in [2.45, 2.75) is 45.0 Å².